The van der Waals surface area contributed by atoms with Crippen molar-refractivity contribution in [1.29, 1.82) is 0 Å². The highest BCUT2D eigenvalue weighted by molar-refractivity contribution is 5.26. The third-order valence-corrected chi connectivity index (χ3v) is 3.35. The molecule has 1 aromatic heterocycles. The molecular formula is C18H25NO3. The van der Waals surface area contributed by atoms with Gasteiger partial charge in [-0.05, 0) is 37.0 Å². The molecule has 1 atom stereocenters. The van der Waals surface area contributed by atoms with Crippen LogP contribution >= 0.6 is 0 Å². The Morgan fingerprint density at radius 2 is 1.91 bits per heavy atom. The number of hydrogen-bond donors (Lipinski definition) is 2. The van der Waals surface area contributed by atoms with Crippen LogP contribution in [0.5, 0.6) is 11.7 Å². The molecule has 1 heterocycles. The number of benzene rings is 1. The number of rotatable bonds is 8. The van der Waals surface area contributed by atoms with E-state index >= 15 is 0 Å². The third kappa shape index (κ3) is 5.54. The summed E-state index contributed by atoms with van der Waals surface area (Å²) in [5.41, 5.74) is 0.0458. The molecule has 0 bridgehead atoms. The Hall–Kier alpha value is -1.78. The number of para-hydroxylation sites is 1. The van der Waals surface area contributed by atoms with Gasteiger partial charge in [-0.3, -0.25) is 0 Å². The minimum Gasteiger partial charge on any atom is -0.429 e. The first-order chi connectivity index (χ1) is 10.4. The van der Waals surface area contributed by atoms with E-state index in [0.29, 0.717) is 12.5 Å². The summed E-state index contributed by atoms with van der Waals surface area (Å²) >= 11 is 0. The smallest absolute Gasteiger partial charge is 0.290 e. The average molecular weight is 303 g/mol. The van der Waals surface area contributed by atoms with Gasteiger partial charge in [0.2, 0.25) is 0 Å². The minimum atomic E-state index is -0.286. The molecule has 1 aromatic carbocycles. The topological polar surface area (TPSA) is 54.6 Å². The number of hydrogen-bond acceptors (Lipinski definition) is 4. The predicted octanol–water partition coefficient (Wildman–Crippen LogP) is 3.96. The van der Waals surface area contributed by atoms with Crippen molar-refractivity contribution in [3.05, 3.63) is 48.2 Å². The van der Waals surface area contributed by atoms with Crippen molar-refractivity contribution in [2.45, 2.75) is 39.8 Å². The summed E-state index contributed by atoms with van der Waals surface area (Å²) in [6.07, 6.45) is 0.479. The van der Waals surface area contributed by atoms with Crippen LogP contribution in [0.3, 0.4) is 0 Å². The molecule has 0 saturated carbocycles. The van der Waals surface area contributed by atoms with E-state index in [4.69, 9.17) is 9.15 Å². The lowest BCUT2D eigenvalue weighted by Gasteiger charge is -2.26. The molecule has 22 heavy (non-hydrogen) atoms. The Kier molecular flexibility index (Phi) is 5.63. The molecule has 0 aliphatic rings. The van der Waals surface area contributed by atoms with Crippen LogP contribution in [0.25, 0.3) is 0 Å². The van der Waals surface area contributed by atoms with Gasteiger partial charge in [-0.2, -0.15) is 0 Å². The lowest BCUT2D eigenvalue weighted by atomic mass is 9.87. The zero-order valence-corrected chi connectivity index (χ0v) is 13.5. The molecule has 4 nitrogen and oxygen atoms in total. The highest BCUT2D eigenvalue weighted by Crippen LogP contribution is 2.24. The van der Waals surface area contributed by atoms with Crippen molar-refractivity contribution in [2.24, 2.45) is 5.41 Å². The van der Waals surface area contributed by atoms with Crippen LogP contribution < -0.4 is 10.1 Å². The molecule has 1 unspecified atom stereocenters. The van der Waals surface area contributed by atoms with Crippen LogP contribution in [0, 0.1) is 5.41 Å². The van der Waals surface area contributed by atoms with Crippen LogP contribution in [0.2, 0.25) is 0 Å². The van der Waals surface area contributed by atoms with Crippen molar-refractivity contribution < 1.29 is 14.3 Å². The largest absolute Gasteiger partial charge is 0.429 e. The van der Waals surface area contributed by atoms with Gasteiger partial charge in [0, 0.05) is 12.6 Å². The number of aliphatic hydroxyl groups excluding tert-OH is 1. The molecule has 0 fully saturated rings. The van der Waals surface area contributed by atoms with Crippen molar-refractivity contribution in [3.8, 4) is 11.7 Å². The van der Waals surface area contributed by atoms with Gasteiger partial charge in [0.15, 0.2) is 0 Å². The molecule has 0 radical (unpaired) electrons. The Morgan fingerprint density at radius 3 is 2.59 bits per heavy atom. The summed E-state index contributed by atoms with van der Waals surface area (Å²) in [4.78, 5) is 0. The van der Waals surface area contributed by atoms with Gasteiger partial charge in [0.25, 0.3) is 5.95 Å². The second-order valence-electron chi connectivity index (χ2n) is 6.46. The Balaban J connectivity index is 1.80. The van der Waals surface area contributed by atoms with Crippen LogP contribution in [0.15, 0.2) is 46.9 Å². The average Bonchev–Trinajstić information content (AvgIpc) is 2.85. The summed E-state index contributed by atoms with van der Waals surface area (Å²) in [5.74, 6) is 2.08. The van der Waals surface area contributed by atoms with E-state index in [9.17, 15) is 5.11 Å². The van der Waals surface area contributed by atoms with E-state index in [1.165, 1.54) is 0 Å². The Labute approximate surface area is 132 Å². The molecule has 2 rings (SSSR count). The van der Waals surface area contributed by atoms with Crippen molar-refractivity contribution in [3.63, 3.8) is 0 Å². The van der Waals surface area contributed by atoms with Crippen LogP contribution in [-0.4, -0.2) is 17.8 Å². The van der Waals surface area contributed by atoms with E-state index in [-0.39, 0.29) is 11.5 Å². The van der Waals surface area contributed by atoms with E-state index in [1.54, 1.807) is 0 Å². The maximum atomic E-state index is 9.49. The van der Waals surface area contributed by atoms with Gasteiger partial charge >= 0.3 is 0 Å². The fourth-order valence-electron chi connectivity index (χ4n) is 2.51. The number of furan rings is 1. The van der Waals surface area contributed by atoms with Crippen molar-refractivity contribution in [2.75, 3.05) is 6.54 Å². The number of aliphatic hydroxyl groups is 1. The molecule has 0 aliphatic carbocycles. The zero-order valence-electron chi connectivity index (χ0n) is 13.5. The molecule has 120 valence electrons. The van der Waals surface area contributed by atoms with Crippen molar-refractivity contribution >= 4 is 0 Å². The van der Waals surface area contributed by atoms with Crippen molar-refractivity contribution in [1.82, 2.24) is 5.32 Å². The van der Waals surface area contributed by atoms with Gasteiger partial charge in [0.05, 0.1) is 12.6 Å². The van der Waals surface area contributed by atoms with Gasteiger partial charge in [-0.1, -0.05) is 32.0 Å². The predicted molar refractivity (Wildman–Crippen MR) is 87.0 cm³/mol. The standard InChI is InChI=1S/C18H25NO3/c1-14(20)11-18(2,3)13-19-12-16-9-10-17(22-16)21-15-7-5-4-6-8-15/h4-10,14,19-20H,11-13H2,1-3H3. The Morgan fingerprint density at radius 1 is 1.18 bits per heavy atom. The number of nitrogens with one attached hydrogen (secondary N) is 1. The monoisotopic (exact) mass is 303 g/mol. The van der Waals surface area contributed by atoms with Crippen LogP contribution in [0.1, 0.15) is 33.0 Å². The zero-order chi connectivity index (χ0) is 16.0. The summed E-state index contributed by atoms with van der Waals surface area (Å²) in [6, 6.07) is 13.3. The fourth-order valence-corrected chi connectivity index (χ4v) is 2.51. The highest BCUT2D eigenvalue weighted by Gasteiger charge is 2.19. The number of ether oxygens (including phenoxy) is 1. The SMILES string of the molecule is CC(O)CC(C)(C)CNCc1ccc(Oc2ccccc2)o1. The lowest BCUT2D eigenvalue weighted by Crippen LogP contribution is -2.31. The maximum Gasteiger partial charge on any atom is 0.290 e. The summed E-state index contributed by atoms with van der Waals surface area (Å²) in [7, 11) is 0. The second-order valence-corrected chi connectivity index (χ2v) is 6.46. The lowest BCUT2D eigenvalue weighted by molar-refractivity contribution is 0.128. The fraction of sp³-hybridized carbons (Fsp3) is 0.444. The van der Waals surface area contributed by atoms with Crippen LogP contribution in [0.4, 0.5) is 0 Å². The molecule has 2 N–H and O–H groups in total. The third-order valence-electron chi connectivity index (χ3n) is 3.35. The first-order valence-electron chi connectivity index (χ1n) is 7.65. The summed E-state index contributed by atoms with van der Waals surface area (Å²) in [6.45, 7) is 7.55. The summed E-state index contributed by atoms with van der Waals surface area (Å²) in [5, 5.41) is 12.8. The van der Waals surface area contributed by atoms with E-state index in [1.807, 2.05) is 49.4 Å². The van der Waals surface area contributed by atoms with E-state index < -0.39 is 0 Å². The molecular weight excluding hydrogens is 278 g/mol. The second kappa shape index (κ2) is 7.47. The Bertz CT molecular complexity index is 561. The molecule has 0 saturated heterocycles. The highest BCUT2D eigenvalue weighted by atomic mass is 16.6. The van der Waals surface area contributed by atoms with Crippen LogP contribution in [-0.2, 0) is 6.54 Å². The first-order valence-corrected chi connectivity index (χ1v) is 7.65. The van der Waals surface area contributed by atoms with Gasteiger partial charge in [-0.25, -0.2) is 0 Å². The van der Waals surface area contributed by atoms with Gasteiger partial charge in [-0.15, -0.1) is 0 Å². The van der Waals surface area contributed by atoms with Gasteiger partial charge < -0.3 is 19.6 Å². The van der Waals surface area contributed by atoms with E-state index in [2.05, 4.69) is 19.2 Å². The van der Waals surface area contributed by atoms with Gasteiger partial charge in [0.1, 0.15) is 11.5 Å². The maximum absolute atomic E-state index is 9.49. The molecule has 0 spiro atoms. The molecule has 0 amide bonds. The molecule has 2 aromatic rings. The minimum absolute atomic E-state index is 0.0458. The normalized spacial score (nSPS) is 13.1. The quantitative estimate of drug-likeness (QED) is 0.775. The first kappa shape index (κ1) is 16.6. The molecule has 4 heteroatoms. The molecule has 0 aliphatic heterocycles. The van der Waals surface area contributed by atoms with E-state index in [0.717, 1.165) is 24.5 Å². The summed E-state index contributed by atoms with van der Waals surface area (Å²) < 4.78 is 11.3.